The van der Waals surface area contributed by atoms with Crippen molar-refractivity contribution in [3.8, 4) is 0 Å². The summed E-state index contributed by atoms with van der Waals surface area (Å²) >= 11 is 7.61. The topological polar surface area (TPSA) is 29.1 Å². The van der Waals surface area contributed by atoms with E-state index in [9.17, 15) is 4.79 Å². The van der Waals surface area contributed by atoms with Gasteiger partial charge in [-0.15, -0.1) is 22.9 Å². The number of carbonyl (C=O) groups is 1. The monoisotopic (exact) mass is 271 g/mol. The Morgan fingerprint density at radius 3 is 2.71 bits per heavy atom. The average Bonchev–Trinajstić information content (AvgIpc) is 2.75. The smallest absolute Gasteiger partial charge is 0.261 e. The molecule has 1 fully saturated rings. The Balaban J connectivity index is 1.76. The van der Waals surface area contributed by atoms with E-state index < -0.39 is 0 Å². The highest BCUT2D eigenvalue weighted by Gasteiger charge is 2.20. The van der Waals surface area contributed by atoms with Gasteiger partial charge in [-0.1, -0.05) is 0 Å². The number of alkyl halides is 1. The van der Waals surface area contributed by atoms with Gasteiger partial charge in [-0.25, -0.2) is 0 Å². The quantitative estimate of drug-likeness (QED) is 0.837. The Morgan fingerprint density at radius 2 is 2.12 bits per heavy atom. The van der Waals surface area contributed by atoms with Crippen molar-refractivity contribution in [1.29, 1.82) is 0 Å². The molecule has 1 amide bonds. The van der Waals surface area contributed by atoms with Gasteiger partial charge in [0.15, 0.2) is 0 Å². The minimum Gasteiger partial charge on any atom is -0.351 e. The molecule has 1 aromatic rings. The van der Waals surface area contributed by atoms with E-state index in [1.54, 1.807) is 11.3 Å². The maximum absolute atomic E-state index is 11.8. The summed E-state index contributed by atoms with van der Waals surface area (Å²) in [5.41, 5.74) is 0. The Bertz CT molecular complexity index is 383. The molecule has 1 aliphatic rings. The van der Waals surface area contributed by atoms with Crippen LogP contribution in [0.2, 0.25) is 0 Å². The van der Waals surface area contributed by atoms with Gasteiger partial charge < -0.3 is 5.32 Å². The Labute approximate surface area is 111 Å². The van der Waals surface area contributed by atoms with E-state index in [2.05, 4.69) is 5.32 Å². The van der Waals surface area contributed by atoms with Crippen molar-refractivity contribution < 1.29 is 4.79 Å². The van der Waals surface area contributed by atoms with E-state index in [0.29, 0.717) is 11.3 Å². The van der Waals surface area contributed by atoms with Crippen LogP contribution in [-0.4, -0.2) is 17.8 Å². The van der Waals surface area contributed by atoms with Gasteiger partial charge in [-0.2, -0.15) is 0 Å². The van der Waals surface area contributed by atoms with Gasteiger partial charge in [-0.3, -0.25) is 4.79 Å². The fourth-order valence-corrected chi connectivity index (χ4v) is 3.24. The largest absolute Gasteiger partial charge is 0.351 e. The predicted molar refractivity (Wildman–Crippen MR) is 73.0 cm³/mol. The molecule has 0 spiro atoms. The highest BCUT2D eigenvalue weighted by atomic mass is 35.5. The average molecular weight is 272 g/mol. The zero-order chi connectivity index (χ0) is 12.3. The van der Waals surface area contributed by atoms with E-state index in [4.69, 9.17) is 11.6 Å². The molecule has 1 saturated carbocycles. The summed E-state index contributed by atoms with van der Waals surface area (Å²) < 4.78 is 0. The highest BCUT2D eigenvalue weighted by Crippen LogP contribution is 2.27. The first-order chi connectivity index (χ1) is 8.15. The van der Waals surface area contributed by atoms with Crippen molar-refractivity contribution in [2.24, 2.45) is 5.92 Å². The van der Waals surface area contributed by atoms with Gasteiger partial charge in [0.05, 0.1) is 4.88 Å². The van der Waals surface area contributed by atoms with Crippen LogP contribution in [0.1, 0.15) is 40.2 Å². The van der Waals surface area contributed by atoms with Crippen LogP contribution in [0.3, 0.4) is 0 Å². The molecular weight excluding hydrogens is 254 g/mol. The summed E-state index contributed by atoms with van der Waals surface area (Å²) in [6.45, 7) is 2.81. The van der Waals surface area contributed by atoms with E-state index in [1.165, 1.54) is 4.88 Å². The molecule has 1 aromatic heterocycles. The molecule has 4 heteroatoms. The summed E-state index contributed by atoms with van der Waals surface area (Å²) in [4.78, 5) is 13.8. The normalized spacial score (nSPS) is 24.6. The number of hydrogen-bond donors (Lipinski definition) is 1. The second-order valence-corrected chi connectivity index (χ2v) is 6.64. The van der Waals surface area contributed by atoms with Crippen LogP contribution in [0.4, 0.5) is 0 Å². The van der Waals surface area contributed by atoms with Crippen molar-refractivity contribution >= 4 is 28.8 Å². The minimum absolute atomic E-state index is 0.0658. The number of halogens is 1. The van der Waals surface area contributed by atoms with Crippen molar-refractivity contribution in [3.63, 3.8) is 0 Å². The molecule has 2 rings (SSSR count). The number of amides is 1. The van der Waals surface area contributed by atoms with Crippen molar-refractivity contribution in [3.05, 3.63) is 21.9 Å². The molecule has 1 heterocycles. The summed E-state index contributed by atoms with van der Waals surface area (Å²) in [6.07, 6.45) is 4.44. The maximum Gasteiger partial charge on any atom is 0.261 e. The first-order valence-corrected chi connectivity index (χ1v) is 7.39. The van der Waals surface area contributed by atoms with Gasteiger partial charge in [0.25, 0.3) is 5.91 Å². The lowest BCUT2D eigenvalue weighted by molar-refractivity contribution is 0.0948. The van der Waals surface area contributed by atoms with Crippen LogP contribution in [0.15, 0.2) is 12.1 Å². The van der Waals surface area contributed by atoms with Crippen molar-refractivity contribution in [2.45, 2.75) is 38.0 Å². The van der Waals surface area contributed by atoms with Crippen LogP contribution in [0, 0.1) is 12.8 Å². The Morgan fingerprint density at radius 1 is 1.41 bits per heavy atom. The van der Waals surface area contributed by atoms with E-state index >= 15 is 0 Å². The van der Waals surface area contributed by atoms with Gasteiger partial charge in [0.2, 0.25) is 0 Å². The zero-order valence-corrected chi connectivity index (χ0v) is 11.6. The number of nitrogens with one attached hydrogen (secondary N) is 1. The van der Waals surface area contributed by atoms with E-state index in [0.717, 1.165) is 37.1 Å². The van der Waals surface area contributed by atoms with Crippen LogP contribution >= 0.6 is 22.9 Å². The standard InChI is InChI=1S/C13H18ClNOS/c1-9-2-7-12(17-9)13(16)15-8-10-3-5-11(14)6-4-10/h2,7,10-11H,3-6,8H2,1H3,(H,15,16). The Hall–Kier alpha value is -0.540. The minimum atomic E-state index is 0.0658. The molecule has 0 bridgehead atoms. The van der Waals surface area contributed by atoms with E-state index in [-0.39, 0.29) is 5.91 Å². The summed E-state index contributed by atoms with van der Waals surface area (Å²) in [5, 5.41) is 3.37. The molecule has 1 aliphatic carbocycles. The molecule has 2 nitrogen and oxygen atoms in total. The zero-order valence-electron chi connectivity index (χ0n) is 10.0. The van der Waals surface area contributed by atoms with Crippen LogP contribution in [-0.2, 0) is 0 Å². The van der Waals surface area contributed by atoms with Gasteiger partial charge in [0, 0.05) is 16.8 Å². The molecule has 0 radical (unpaired) electrons. The van der Waals surface area contributed by atoms with Gasteiger partial charge >= 0.3 is 0 Å². The first kappa shape index (κ1) is 12.9. The second-order valence-electron chi connectivity index (χ2n) is 4.74. The first-order valence-electron chi connectivity index (χ1n) is 6.14. The number of rotatable bonds is 3. The van der Waals surface area contributed by atoms with Crippen LogP contribution in [0.25, 0.3) is 0 Å². The molecule has 0 aliphatic heterocycles. The molecule has 17 heavy (non-hydrogen) atoms. The van der Waals surface area contributed by atoms with Gasteiger partial charge in [0.1, 0.15) is 0 Å². The number of aryl methyl sites for hydroxylation is 1. The third-order valence-corrected chi connectivity index (χ3v) is 4.73. The SMILES string of the molecule is Cc1ccc(C(=O)NCC2CCC(Cl)CC2)s1. The van der Waals surface area contributed by atoms with Gasteiger partial charge in [-0.05, 0) is 50.7 Å². The fraction of sp³-hybridized carbons (Fsp3) is 0.615. The summed E-state index contributed by atoms with van der Waals surface area (Å²) in [5.74, 6) is 0.672. The predicted octanol–water partition coefficient (Wildman–Crippen LogP) is 3.58. The Kier molecular flexibility index (Phi) is 4.46. The molecule has 0 atom stereocenters. The van der Waals surface area contributed by atoms with Crippen molar-refractivity contribution in [1.82, 2.24) is 5.32 Å². The number of hydrogen-bond acceptors (Lipinski definition) is 2. The van der Waals surface area contributed by atoms with Crippen LogP contribution in [0.5, 0.6) is 0 Å². The summed E-state index contributed by atoms with van der Waals surface area (Å²) in [6, 6.07) is 3.88. The molecule has 0 unspecified atom stereocenters. The summed E-state index contributed by atoms with van der Waals surface area (Å²) in [7, 11) is 0. The maximum atomic E-state index is 11.8. The molecular formula is C13H18ClNOS. The van der Waals surface area contributed by atoms with Crippen LogP contribution < -0.4 is 5.32 Å². The lowest BCUT2D eigenvalue weighted by Crippen LogP contribution is -2.31. The highest BCUT2D eigenvalue weighted by molar-refractivity contribution is 7.13. The second kappa shape index (κ2) is 5.87. The fourth-order valence-electron chi connectivity index (χ4n) is 2.21. The van der Waals surface area contributed by atoms with E-state index in [1.807, 2.05) is 19.1 Å². The molecule has 1 N–H and O–H groups in total. The third-order valence-electron chi connectivity index (χ3n) is 3.29. The molecule has 94 valence electrons. The lowest BCUT2D eigenvalue weighted by atomic mass is 9.89. The molecule has 0 aromatic carbocycles. The third kappa shape index (κ3) is 3.71. The number of carbonyl (C=O) groups excluding carboxylic acids is 1. The number of thiophene rings is 1. The lowest BCUT2D eigenvalue weighted by Gasteiger charge is -2.24. The molecule has 0 saturated heterocycles. The van der Waals surface area contributed by atoms with Crippen molar-refractivity contribution in [2.75, 3.05) is 6.54 Å².